The smallest absolute Gasteiger partial charge is 0.126 e. The van der Waals surface area contributed by atoms with E-state index in [1.807, 2.05) is 0 Å². The third-order valence-corrected chi connectivity index (χ3v) is 3.33. The Bertz CT molecular complexity index is 373. The largest absolute Gasteiger partial charge is 0.313 e. The molecule has 18 heavy (non-hydrogen) atoms. The highest BCUT2D eigenvalue weighted by molar-refractivity contribution is 5.17. The lowest BCUT2D eigenvalue weighted by atomic mass is 10.0. The Morgan fingerprint density at radius 3 is 2.67 bits per heavy atom. The summed E-state index contributed by atoms with van der Waals surface area (Å²) in [6.45, 7) is 5.64. The van der Waals surface area contributed by atoms with E-state index >= 15 is 0 Å². The highest BCUT2D eigenvalue weighted by Crippen LogP contribution is 2.15. The first-order chi connectivity index (χ1) is 8.67. The fraction of sp³-hybridized carbons (Fsp3) is 0.571. The molecule has 2 nitrogen and oxygen atoms in total. The minimum Gasteiger partial charge on any atom is -0.313 e. The number of hydrogen-bond acceptors (Lipinski definition) is 2. The molecule has 0 spiro atoms. The van der Waals surface area contributed by atoms with Crippen molar-refractivity contribution in [2.75, 3.05) is 19.6 Å². The zero-order valence-electron chi connectivity index (χ0n) is 10.8. The summed E-state index contributed by atoms with van der Waals surface area (Å²) in [5, 5.41) is 3.43. The molecule has 1 fully saturated rings. The van der Waals surface area contributed by atoms with E-state index < -0.39 is 11.6 Å². The van der Waals surface area contributed by atoms with Crippen molar-refractivity contribution in [2.45, 2.75) is 32.4 Å². The predicted octanol–water partition coefficient (Wildman–Crippen LogP) is 2.54. The predicted molar refractivity (Wildman–Crippen MR) is 68.3 cm³/mol. The van der Waals surface area contributed by atoms with E-state index in [1.54, 1.807) is 0 Å². The summed E-state index contributed by atoms with van der Waals surface area (Å²) in [6, 6.07) is 4.25. The molecular formula is C14H20F2N2. The lowest BCUT2D eigenvalue weighted by Gasteiger charge is -2.33. The van der Waals surface area contributed by atoms with Crippen LogP contribution in [0.3, 0.4) is 0 Å². The number of likely N-dealkylation sites (tertiary alicyclic amines) is 1. The van der Waals surface area contributed by atoms with Crippen molar-refractivity contribution in [3.8, 4) is 0 Å². The van der Waals surface area contributed by atoms with E-state index in [2.05, 4.69) is 17.1 Å². The Labute approximate surface area is 107 Å². The summed E-state index contributed by atoms with van der Waals surface area (Å²) in [5.41, 5.74) is 0.713. The highest BCUT2D eigenvalue weighted by Gasteiger charge is 2.19. The molecule has 0 amide bonds. The van der Waals surface area contributed by atoms with Gasteiger partial charge in [-0.3, -0.25) is 4.90 Å². The molecule has 0 aromatic heterocycles. The van der Waals surface area contributed by atoms with E-state index in [0.717, 1.165) is 32.1 Å². The standard InChI is InChI=1S/C14H20F2N2/c1-2-17-14-4-3-5-18(10-14)9-11-6-12(15)8-13(16)7-11/h6-8,14,17H,2-5,9-10H2,1H3. The van der Waals surface area contributed by atoms with Gasteiger partial charge >= 0.3 is 0 Å². The minimum atomic E-state index is -0.495. The van der Waals surface area contributed by atoms with Crippen LogP contribution in [0.15, 0.2) is 18.2 Å². The van der Waals surface area contributed by atoms with Gasteiger partial charge in [-0.2, -0.15) is 0 Å². The van der Waals surface area contributed by atoms with Crippen LogP contribution in [0, 0.1) is 11.6 Å². The molecule has 2 rings (SSSR count). The molecule has 1 aliphatic heterocycles. The van der Waals surface area contributed by atoms with Crippen molar-refractivity contribution in [1.29, 1.82) is 0 Å². The summed E-state index contributed by atoms with van der Waals surface area (Å²) < 4.78 is 26.2. The Morgan fingerprint density at radius 1 is 1.28 bits per heavy atom. The summed E-state index contributed by atoms with van der Waals surface area (Å²) in [5.74, 6) is -0.990. The van der Waals surface area contributed by atoms with Gasteiger partial charge in [-0.1, -0.05) is 6.92 Å². The van der Waals surface area contributed by atoms with Crippen molar-refractivity contribution in [1.82, 2.24) is 10.2 Å². The first kappa shape index (κ1) is 13.4. The Balaban J connectivity index is 1.95. The second-order valence-corrected chi connectivity index (χ2v) is 4.91. The maximum absolute atomic E-state index is 13.1. The van der Waals surface area contributed by atoms with Gasteiger partial charge < -0.3 is 5.32 Å². The van der Waals surface area contributed by atoms with Crippen LogP contribution in [0.4, 0.5) is 8.78 Å². The molecule has 1 atom stereocenters. The number of nitrogens with zero attached hydrogens (tertiary/aromatic N) is 1. The lowest BCUT2D eigenvalue weighted by Crippen LogP contribution is -2.45. The van der Waals surface area contributed by atoms with Crippen molar-refractivity contribution >= 4 is 0 Å². The van der Waals surface area contributed by atoms with Gasteiger partial charge in [-0.15, -0.1) is 0 Å². The molecule has 1 saturated heterocycles. The summed E-state index contributed by atoms with van der Waals surface area (Å²) >= 11 is 0. The number of halogens is 2. The van der Waals surface area contributed by atoms with Crippen LogP contribution in [0.1, 0.15) is 25.3 Å². The van der Waals surface area contributed by atoms with Crippen LogP contribution in [0.2, 0.25) is 0 Å². The third-order valence-electron chi connectivity index (χ3n) is 3.33. The number of benzene rings is 1. The summed E-state index contributed by atoms with van der Waals surface area (Å²) in [4.78, 5) is 2.26. The van der Waals surface area contributed by atoms with Crippen LogP contribution >= 0.6 is 0 Å². The summed E-state index contributed by atoms with van der Waals surface area (Å²) in [7, 11) is 0. The maximum Gasteiger partial charge on any atom is 0.126 e. The highest BCUT2D eigenvalue weighted by atomic mass is 19.1. The van der Waals surface area contributed by atoms with Crippen molar-refractivity contribution < 1.29 is 8.78 Å². The molecule has 1 aliphatic rings. The van der Waals surface area contributed by atoms with Crippen LogP contribution in [0.5, 0.6) is 0 Å². The number of likely N-dealkylation sites (N-methyl/N-ethyl adjacent to an activating group) is 1. The third kappa shape index (κ3) is 3.75. The average Bonchev–Trinajstić information content (AvgIpc) is 2.28. The van der Waals surface area contributed by atoms with E-state index in [0.29, 0.717) is 18.2 Å². The molecule has 0 radical (unpaired) electrons. The van der Waals surface area contributed by atoms with E-state index in [1.165, 1.54) is 18.6 Å². The normalized spacial score (nSPS) is 21.2. The fourth-order valence-electron chi connectivity index (χ4n) is 2.61. The van der Waals surface area contributed by atoms with E-state index in [9.17, 15) is 8.78 Å². The molecule has 0 bridgehead atoms. The van der Waals surface area contributed by atoms with Gasteiger partial charge in [0.05, 0.1) is 0 Å². The number of hydrogen-bond donors (Lipinski definition) is 1. The number of piperidine rings is 1. The monoisotopic (exact) mass is 254 g/mol. The van der Waals surface area contributed by atoms with Crippen LogP contribution in [-0.4, -0.2) is 30.6 Å². The minimum absolute atomic E-state index is 0.495. The molecule has 1 aromatic rings. The van der Waals surface area contributed by atoms with E-state index in [-0.39, 0.29) is 0 Å². The SMILES string of the molecule is CCNC1CCCN(Cc2cc(F)cc(F)c2)C1. The maximum atomic E-state index is 13.1. The zero-order valence-corrected chi connectivity index (χ0v) is 10.8. The van der Waals surface area contributed by atoms with Gasteiger partial charge in [0, 0.05) is 25.2 Å². The average molecular weight is 254 g/mol. The molecule has 0 saturated carbocycles. The second-order valence-electron chi connectivity index (χ2n) is 4.91. The molecule has 100 valence electrons. The number of nitrogens with one attached hydrogen (secondary N) is 1. The molecule has 4 heteroatoms. The van der Waals surface area contributed by atoms with Crippen LogP contribution in [0.25, 0.3) is 0 Å². The van der Waals surface area contributed by atoms with Gasteiger partial charge in [-0.25, -0.2) is 8.78 Å². The van der Waals surface area contributed by atoms with Gasteiger partial charge in [0.1, 0.15) is 11.6 Å². The first-order valence-corrected chi connectivity index (χ1v) is 6.58. The van der Waals surface area contributed by atoms with Crippen LogP contribution in [-0.2, 0) is 6.54 Å². The van der Waals surface area contributed by atoms with Gasteiger partial charge in [0.25, 0.3) is 0 Å². The molecule has 1 unspecified atom stereocenters. The van der Waals surface area contributed by atoms with Crippen molar-refractivity contribution in [3.63, 3.8) is 0 Å². The molecule has 1 aromatic carbocycles. The fourth-order valence-corrected chi connectivity index (χ4v) is 2.61. The first-order valence-electron chi connectivity index (χ1n) is 6.58. The summed E-state index contributed by atoms with van der Waals surface area (Å²) in [6.07, 6.45) is 2.32. The Hall–Kier alpha value is -1.00. The van der Waals surface area contributed by atoms with Crippen molar-refractivity contribution in [3.05, 3.63) is 35.4 Å². The molecule has 0 aliphatic carbocycles. The van der Waals surface area contributed by atoms with Crippen molar-refractivity contribution in [2.24, 2.45) is 0 Å². The van der Waals surface area contributed by atoms with E-state index in [4.69, 9.17) is 0 Å². The quantitative estimate of drug-likeness (QED) is 0.888. The second kappa shape index (κ2) is 6.25. The topological polar surface area (TPSA) is 15.3 Å². The molecule has 1 heterocycles. The van der Waals surface area contributed by atoms with Crippen LogP contribution < -0.4 is 5.32 Å². The molecular weight excluding hydrogens is 234 g/mol. The zero-order chi connectivity index (χ0) is 13.0. The van der Waals surface area contributed by atoms with Gasteiger partial charge in [0.2, 0.25) is 0 Å². The lowest BCUT2D eigenvalue weighted by molar-refractivity contribution is 0.184. The Kier molecular flexibility index (Phi) is 4.66. The number of rotatable bonds is 4. The van der Waals surface area contributed by atoms with Gasteiger partial charge in [-0.05, 0) is 43.6 Å². The van der Waals surface area contributed by atoms with Gasteiger partial charge in [0.15, 0.2) is 0 Å². The Morgan fingerprint density at radius 2 is 2.00 bits per heavy atom. The molecule has 1 N–H and O–H groups in total.